The predicted octanol–water partition coefficient (Wildman–Crippen LogP) is 6.20. The Morgan fingerprint density at radius 2 is 1.93 bits per heavy atom. The summed E-state index contributed by atoms with van der Waals surface area (Å²) < 4.78 is 62.5. The lowest BCUT2D eigenvalue weighted by Gasteiger charge is -2.31. The molecule has 1 N–H and O–H groups in total. The molecule has 14 heteroatoms. The van der Waals surface area contributed by atoms with Crippen molar-refractivity contribution in [3.8, 4) is 6.01 Å². The largest absolute Gasteiger partial charge is 0.459 e. The molecule has 2 fully saturated rings. The number of hydrogen-bond donors (Lipinski definition) is 1. The van der Waals surface area contributed by atoms with Crippen molar-refractivity contribution in [1.82, 2.24) is 19.5 Å². The minimum Gasteiger partial charge on any atom is -0.459 e. The van der Waals surface area contributed by atoms with E-state index in [-0.39, 0.29) is 23.9 Å². The highest BCUT2D eigenvalue weighted by Crippen LogP contribution is 2.38. The fourth-order valence-electron chi connectivity index (χ4n) is 5.80. The number of furan rings is 1. The van der Waals surface area contributed by atoms with Gasteiger partial charge in [-0.3, -0.25) is 4.57 Å². The van der Waals surface area contributed by atoms with E-state index >= 15 is 4.39 Å². The maximum Gasteiger partial charge on any atom is 0.298 e. The third kappa shape index (κ3) is 4.95. The summed E-state index contributed by atoms with van der Waals surface area (Å²) in [6, 6.07) is 12.4. The van der Waals surface area contributed by atoms with Gasteiger partial charge in [-0.1, -0.05) is 25.1 Å². The van der Waals surface area contributed by atoms with E-state index in [4.69, 9.17) is 24.0 Å². The van der Waals surface area contributed by atoms with Crippen LogP contribution in [-0.4, -0.2) is 57.1 Å². The third-order valence-corrected chi connectivity index (χ3v) is 7.69. The Balaban J connectivity index is 0.00000101. The molecule has 0 spiro atoms. The summed E-state index contributed by atoms with van der Waals surface area (Å²) in [5, 5.41) is 8.55. The van der Waals surface area contributed by atoms with Gasteiger partial charge in [0.05, 0.1) is 18.7 Å². The summed E-state index contributed by atoms with van der Waals surface area (Å²) in [4.78, 5) is 23.0. The molecule has 0 aliphatic carbocycles. The van der Waals surface area contributed by atoms with Gasteiger partial charge in [0.15, 0.2) is 22.6 Å². The predicted molar refractivity (Wildman–Crippen MR) is 146 cm³/mol. The Labute approximate surface area is 236 Å². The van der Waals surface area contributed by atoms with Crippen molar-refractivity contribution in [1.29, 1.82) is 0 Å². The minimum absolute atomic E-state index is 0.0289. The van der Waals surface area contributed by atoms with Gasteiger partial charge in [0, 0.05) is 36.9 Å². The Morgan fingerprint density at radius 1 is 1.12 bits per heavy atom. The van der Waals surface area contributed by atoms with Crippen molar-refractivity contribution in [3.05, 3.63) is 59.0 Å². The van der Waals surface area contributed by atoms with E-state index in [2.05, 4.69) is 21.9 Å². The van der Waals surface area contributed by atoms with Crippen LogP contribution in [0.3, 0.4) is 0 Å². The van der Waals surface area contributed by atoms with Gasteiger partial charge >= 0.3 is 0 Å². The second kappa shape index (κ2) is 11.4. The van der Waals surface area contributed by atoms with E-state index in [9.17, 15) is 8.78 Å². The molecule has 5 heterocycles. The molecule has 3 aromatic heterocycles. The van der Waals surface area contributed by atoms with Crippen LogP contribution in [0, 0.1) is 16.6 Å². The quantitative estimate of drug-likeness (QED) is 0.190. The molecule has 0 bridgehead atoms. The molecule has 7 rings (SSSR count). The molecule has 0 saturated carbocycles. The second-order valence-corrected chi connectivity index (χ2v) is 10.3. The molecule has 5 aromatic rings. The molecule has 3 atom stereocenters. The number of fused-ring (bicyclic) bond motifs is 4. The molecular weight excluding hydrogens is 557 g/mol. The lowest BCUT2D eigenvalue weighted by molar-refractivity contribution is 0.0259. The molecular formula is C28H27F3N6O5. The van der Waals surface area contributed by atoms with Crippen molar-refractivity contribution >= 4 is 38.9 Å². The standard InChI is InChI=1S/C28H26F3N5O3.HNO2/c1-15-14-37-12-10-20(15)36-23-18(29)6-4-7-19(23)32-28(36)38-16-9-11-35(13-16)27-24-22(33-26(34-27)25(30)31)17-5-2-3-8-21(17)39-24;2-1-3/h2-8,15-16,20,25H,9-14H2,1H3;(H,2,3)/t15-,16-,20-;/m0./s1. The van der Waals surface area contributed by atoms with E-state index in [1.165, 1.54) is 11.4 Å². The van der Waals surface area contributed by atoms with Gasteiger partial charge in [-0.05, 0) is 30.7 Å². The molecule has 2 aromatic carbocycles. The molecule has 11 nitrogen and oxygen atoms in total. The minimum atomic E-state index is -2.83. The summed E-state index contributed by atoms with van der Waals surface area (Å²) >= 11 is 0. The number of rotatable bonds is 5. The van der Waals surface area contributed by atoms with Gasteiger partial charge in [-0.15, -0.1) is 4.91 Å². The first-order chi connectivity index (χ1) is 20.4. The van der Waals surface area contributed by atoms with Crippen LogP contribution < -0.4 is 9.64 Å². The van der Waals surface area contributed by atoms with Gasteiger partial charge in [0.2, 0.25) is 0 Å². The lowest BCUT2D eigenvalue weighted by atomic mass is 9.97. The number of ether oxygens (including phenoxy) is 2. The monoisotopic (exact) mass is 584 g/mol. The number of halogens is 3. The Bertz CT molecular complexity index is 1740. The highest BCUT2D eigenvalue weighted by molar-refractivity contribution is 6.05. The molecule has 2 aliphatic rings. The van der Waals surface area contributed by atoms with Crippen LogP contribution in [0.5, 0.6) is 6.01 Å². The van der Waals surface area contributed by atoms with Crippen LogP contribution in [-0.2, 0) is 4.74 Å². The summed E-state index contributed by atoms with van der Waals surface area (Å²) in [6.07, 6.45) is -1.82. The first-order valence-electron chi connectivity index (χ1n) is 13.5. The van der Waals surface area contributed by atoms with Gasteiger partial charge in [-0.25, -0.2) is 23.1 Å². The van der Waals surface area contributed by atoms with Crippen molar-refractivity contribution in [3.63, 3.8) is 0 Å². The van der Waals surface area contributed by atoms with Gasteiger partial charge < -0.3 is 24.0 Å². The molecule has 2 aliphatic heterocycles. The Morgan fingerprint density at radius 3 is 2.71 bits per heavy atom. The highest BCUT2D eigenvalue weighted by atomic mass is 19.3. The fraction of sp³-hybridized carbons (Fsp3) is 0.393. The normalized spacial score (nSPS) is 20.8. The van der Waals surface area contributed by atoms with Crippen LogP contribution in [0.25, 0.3) is 33.1 Å². The zero-order valence-electron chi connectivity index (χ0n) is 22.5. The van der Waals surface area contributed by atoms with Crippen molar-refractivity contribution in [2.75, 3.05) is 31.2 Å². The van der Waals surface area contributed by atoms with E-state index in [0.29, 0.717) is 77.7 Å². The van der Waals surface area contributed by atoms with E-state index in [1.807, 2.05) is 21.6 Å². The summed E-state index contributed by atoms with van der Waals surface area (Å²) in [5.74, 6) is -0.433. The topological polar surface area (TPSA) is 128 Å². The summed E-state index contributed by atoms with van der Waals surface area (Å²) in [7, 11) is 0. The summed E-state index contributed by atoms with van der Waals surface area (Å²) in [6.45, 7) is 4.11. The third-order valence-electron chi connectivity index (χ3n) is 7.69. The Kier molecular flexibility index (Phi) is 7.54. The van der Waals surface area contributed by atoms with E-state index in [0.717, 1.165) is 6.42 Å². The van der Waals surface area contributed by atoms with Crippen LogP contribution >= 0.6 is 0 Å². The van der Waals surface area contributed by atoms with Crippen LogP contribution in [0.15, 0.2) is 52.2 Å². The molecule has 0 amide bonds. The average molecular weight is 585 g/mol. The second-order valence-electron chi connectivity index (χ2n) is 10.3. The molecule has 220 valence electrons. The number of para-hydroxylation sites is 2. The number of alkyl halides is 2. The summed E-state index contributed by atoms with van der Waals surface area (Å²) in [5.41, 5.74) is 2.23. The fourth-order valence-corrected chi connectivity index (χ4v) is 5.80. The maximum atomic E-state index is 15.0. The van der Waals surface area contributed by atoms with Gasteiger partial charge in [0.25, 0.3) is 12.4 Å². The lowest BCUT2D eigenvalue weighted by Crippen LogP contribution is -2.30. The van der Waals surface area contributed by atoms with E-state index in [1.54, 1.807) is 24.3 Å². The van der Waals surface area contributed by atoms with Crippen molar-refractivity contribution in [2.24, 2.45) is 11.3 Å². The molecule has 2 saturated heterocycles. The molecule has 42 heavy (non-hydrogen) atoms. The average Bonchev–Trinajstić information content (AvgIpc) is 3.69. The van der Waals surface area contributed by atoms with Crippen molar-refractivity contribution in [2.45, 2.75) is 38.3 Å². The number of hydrogen-bond acceptors (Lipinski definition) is 9. The van der Waals surface area contributed by atoms with Crippen LogP contribution in [0.4, 0.5) is 19.0 Å². The maximum absolute atomic E-state index is 15.0. The van der Waals surface area contributed by atoms with Gasteiger partial charge in [0.1, 0.15) is 28.5 Å². The van der Waals surface area contributed by atoms with E-state index < -0.39 is 12.2 Å². The van der Waals surface area contributed by atoms with Crippen LogP contribution in [0.2, 0.25) is 0 Å². The number of nitrogens with zero attached hydrogens (tertiary/aromatic N) is 6. The Hall–Kier alpha value is -4.46. The highest BCUT2D eigenvalue weighted by Gasteiger charge is 2.34. The zero-order valence-corrected chi connectivity index (χ0v) is 22.5. The van der Waals surface area contributed by atoms with Gasteiger partial charge in [-0.2, -0.15) is 4.98 Å². The van der Waals surface area contributed by atoms with Crippen molar-refractivity contribution < 1.29 is 32.3 Å². The number of benzene rings is 2. The number of anilines is 1. The molecule has 0 unspecified atom stereocenters. The van der Waals surface area contributed by atoms with Crippen LogP contribution in [0.1, 0.15) is 38.1 Å². The first-order valence-corrected chi connectivity index (χ1v) is 13.5. The first kappa shape index (κ1) is 27.7. The number of aromatic nitrogens is 4. The zero-order chi connectivity index (χ0) is 29.4. The number of imidazole rings is 1. The SMILES string of the molecule is C[C@H]1COCC[C@@H]1n1c(O[C@H]2CCN(c3nc(C(F)F)nc4c3oc3ccccc34)C2)nc2cccc(F)c21.O=NO. The smallest absolute Gasteiger partial charge is 0.298 e. The molecule has 0 radical (unpaired) electrons.